The maximum Gasteiger partial charge on any atom is 0.332 e. The fourth-order valence-electron chi connectivity index (χ4n) is 1.25. The van der Waals surface area contributed by atoms with Crippen LogP contribution in [-0.4, -0.2) is 17.1 Å². The Morgan fingerprint density at radius 3 is 2.50 bits per heavy atom. The van der Waals surface area contributed by atoms with Crippen LogP contribution >= 0.6 is 0 Å². The van der Waals surface area contributed by atoms with E-state index in [1.165, 1.54) is 0 Å². The molecule has 0 fully saturated rings. The van der Waals surface area contributed by atoms with E-state index < -0.39 is 12.0 Å². The van der Waals surface area contributed by atoms with Gasteiger partial charge < -0.3 is 5.11 Å². The molecule has 1 unspecified atom stereocenters. The van der Waals surface area contributed by atoms with E-state index in [4.69, 9.17) is 5.11 Å². The number of carboxylic acids is 1. The minimum Gasteiger partial charge on any atom is -0.480 e. The monoisotopic (exact) mass is 225 g/mol. The van der Waals surface area contributed by atoms with E-state index >= 15 is 0 Å². The van der Waals surface area contributed by atoms with Gasteiger partial charge in [0.25, 0.3) is 0 Å². The number of hydrogen-bond donors (Lipinski definition) is 1. The molecule has 0 rings (SSSR count). The molecule has 0 amide bonds. The standard InChI is InChI=1S/C12H19NO3/c1-2-3-4-5-6-7-8-9-10-11(13-16)12(14)15/h11H,2-3,6-10H2,1H3,(H,14,15). The van der Waals surface area contributed by atoms with Crippen molar-refractivity contribution in [2.75, 3.05) is 0 Å². The van der Waals surface area contributed by atoms with Crippen molar-refractivity contribution >= 4 is 5.97 Å². The number of carboxylic acid groups (broad SMARTS) is 1. The maximum atomic E-state index is 10.5. The Balaban J connectivity index is 3.43. The van der Waals surface area contributed by atoms with Gasteiger partial charge in [-0.2, -0.15) is 0 Å². The van der Waals surface area contributed by atoms with Gasteiger partial charge in [-0.3, -0.25) is 0 Å². The highest BCUT2D eigenvalue weighted by atomic mass is 16.4. The van der Waals surface area contributed by atoms with E-state index in [0.29, 0.717) is 6.42 Å². The molecule has 4 nitrogen and oxygen atoms in total. The van der Waals surface area contributed by atoms with Crippen molar-refractivity contribution in [3.63, 3.8) is 0 Å². The summed E-state index contributed by atoms with van der Waals surface area (Å²) in [4.78, 5) is 20.6. The molecule has 0 aromatic carbocycles. The molecule has 0 aromatic heterocycles. The van der Waals surface area contributed by atoms with Crippen LogP contribution in [0.4, 0.5) is 0 Å². The minimum absolute atomic E-state index is 0.335. The van der Waals surface area contributed by atoms with Gasteiger partial charge in [0.15, 0.2) is 6.04 Å². The molecule has 1 atom stereocenters. The van der Waals surface area contributed by atoms with Crippen LogP contribution in [0.15, 0.2) is 5.18 Å². The van der Waals surface area contributed by atoms with Crippen LogP contribution in [0.2, 0.25) is 0 Å². The number of nitroso groups, excluding NO2 is 1. The van der Waals surface area contributed by atoms with Gasteiger partial charge in [0.2, 0.25) is 0 Å². The molecule has 0 bridgehead atoms. The van der Waals surface area contributed by atoms with E-state index in [0.717, 1.165) is 38.5 Å². The van der Waals surface area contributed by atoms with Crippen molar-refractivity contribution in [1.29, 1.82) is 0 Å². The van der Waals surface area contributed by atoms with E-state index in [9.17, 15) is 9.70 Å². The Morgan fingerprint density at radius 2 is 1.94 bits per heavy atom. The number of rotatable bonds is 8. The van der Waals surface area contributed by atoms with Crippen molar-refractivity contribution in [2.24, 2.45) is 5.18 Å². The molecule has 0 aliphatic carbocycles. The zero-order valence-corrected chi connectivity index (χ0v) is 9.74. The normalized spacial score (nSPS) is 11.3. The molecule has 0 aromatic rings. The fourth-order valence-corrected chi connectivity index (χ4v) is 1.25. The van der Waals surface area contributed by atoms with Gasteiger partial charge in [0.05, 0.1) is 0 Å². The first-order valence-electron chi connectivity index (χ1n) is 5.73. The van der Waals surface area contributed by atoms with E-state index in [1.807, 2.05) is 0 Å². The number of hydrogen-bond acceptors (Lipinski definition) is 3. The second kappa shape index (κ2) is 10.2. The summed E-state index contributed by atoms with van der Waals surface area (Å²) >= 11 is 0. The fraction of sp³-hybridized carbons (Fsp3) is 0.750. The molecule has 0 heterocycles. The largest absolute Gasteiger partial charge is 0.480 e. The third-order valence-corrected chi connectivity index (χ3v) is 2.19. The smallest absolute Gasteiger partial charge is 0.332 e. The highest BCUT2D eigenvalue weighted by molar-refractivity contribution is 5.73. The predicted octanol–water partition coefficient (Wildman–Crippen LogP) is 2.96. The van der Waals surface area contributed by atoms with Crippen LogP contribution in [0, 0.1) is 16.7 Å². The van der Waals surface area contributed by atoms with Gasteiger partial charge in [-0.15, -0.1) is 16.7 Å². The second-order valence-electron chi connectivity index (χ2n) is 3.66. The lowest BCUT2D eigenvalue weighted by atomic mass is 10.1. The summed E-state index contributed by atoms with van der Waals surface area (Å²) in [5.41, 5.74) is 0. The molecule has 16 heavy (non-hydrogen) atoms. The van der Waals surface area contributed by atoms with Crippen LogP contribution in [-0.2, 0) is 4.79 Å². The first kappa shape index (κ1) is 14.6. The summed E-state index contributed by atoms with van der Waals surface area (Å²) < 4.78 is 0. The number of aliphatic carboxylic acids is 1. The van der Waals surface area contributed by atoms with Gasteiger partial charge in [0, 0.05) is 12.8 Å². The SMILES string of the molecule is CCCC#CCCCCCC(N=O)C(=O)O. The molecular formula is C12H19NO3. The lowest BCUT2D eigenvalue weighted by molar-refractivity contribution is -0.138. The van der Waals surface area contributed by atoms with E-state index in [-0.39, 0.29) is 0 Å². The number of carbonyl (C=O) groups is 1. The predicted molar refractivity (Wildman–Crippen MR) is 63.0 cm³/mol. The molecule has 0 aliphatic rings. The minimum atomic E-state index is -1.13. The zero-order chi connectivity index (χ0) is 12.2. The lowest BCUT2D eigenvalue weighted by Crippen LogP contribution is -2.16. The van der Waals surface area contributed by atoms with Gasteiger partial charge in [-0.1, -0.05) is 24.9 Å². The first-order valence-corrected chi connectivity index (χ1v) is 5.73. The van der Waals surface area contributed by atoms with Crippen LogP contribution in [0.1, 0.15) is 51.9 Å². The Kier molecular flexibility index (Phi) is 9.29. The van der Waals surface area contributed by atoms with Crippen molar-refractivity contribution < 1.29 is 9.90 Å². The third kappa shape index (κ3) is 7.98. The highest BCUT2D eigenvalue weighted by Crippen LogP contribution is 2.08. The topological polar surface area (TPSA) is 66.7 Å². The summed E-state index contributed by atoms with van der Waals surface area (Å²) in [6.45, 7) is 2.09. The van der Waals surface area contributed by atoms with Gasteiger partial charge in [0.1, 0.15) is 0 Å². The molecule has 1 N–H and O–H groups in total. The summed E-state index contributed by atoms with van der Waals surface area (Å²) in [7, 11) is 0. The molecule has 0 aliphatic heterocycles. The third-order valence-electron chi connectivity index (χ3n) is 2.19. The van der Waals surface area contributed by atoms with E-state index in [1.54, 1.807) is 0 Å². The maximum absolute atomic E-state index is 10.5. The molecule has 0 radical (unpaired) electrons. The Labute approximate surface area is 96.4 Å². The van der Waals surface area contributed by atoms with Gasteiger partial charge in [-0.05, 0) is 19.3 Å². The molecule has 0 saturated carbocycles. The summed E-state index contributed by atoms with van der Waals surface area (Å²) in [5, 5.41) is 11.1. The van der Waals surface area contributed by atoms with Crippen LogP contribution < -0.4 is 0 Å². The second-order valence-corrected chi connectivity index (χ2v) is 3.66. The summed E-state index contributed by atoms with van der Waals surface area (Å²) in [6.07, 6.45) is 5.79. The average Bonchev–Trinajstić information content (AvgIpc) is 2.26. The summed E-state index contributed by atoms with van der Waals surface area (Å²) in [6, 6.07) is -1.08. The van der Waals surface area contributed by atoms with E-state index in [2.05, 4.69) is 23.9 Å². The Hall–Kier alpha value is -1.37. The molecule has 90 valence electrons. The highest BCUT2D eigenvalue weighted by Gasteiger charge is 2.16. The number of nitrogens with zero attached hydrogens (tertiary/aromatic N) is 1. The molecule has 4 heteroatoms. The number of unbranched alkanes of at least 4 members (excludes halogenated alkanes) is 4. The quantitative estimate of drug-likeness (QED) is 0.392. The summed E-state index contributed by atoms with van der Waals surface area (Å²) in [5.74, 6) is 4.98. The molecule has 0 saturated heterocycles. The zero-order valence-electron chi connectivity index (χ0n) is 9.74. The van der Waals surface area contributed by atoms with Gasteiger partial charge >= 0.3 is 5.97 Å². The molecule has 0 spiro atoms. The van der Waals surface area contributed by atoms with Crippen molar-refractivity contribution in [3.8, 4) is 11.8 Å². The first-order chi connectivity index (χ1) is 7.72. The Bertz CT molecular complexity index is 265. The van der Waals surface area contributed by atoms with Crippen LogP contribution in [0.3, 0.4) is 0 Å². The van der Waals surface area contributed by atoms with Crippen molar-refractivity contribution in [1.82, 2.24) is 0 Å². The lowest BCUT2D eigenvalue weighted by Gasteiger charge is -2.02. The Morgan fingerprint density at radius 1 is 1.25 bits per heavy atom. The molecular weight excluding hydrogens is 206 g/mol. The van der Waals surface area contributed by atoms with Crippen LogP contribution in [0.5, 0.6) is 0 Å². The van der Waals surface area contributed by atoms with Crippen molar-refractivity contribution in [3.05, 3.63) is 4.91 Å². The van der Waals surface area contributed by atoms with Gasteiger partial charge in [-0.25, -0.2) is 4.79 Å². The van der Waals surface area contributed by atoms with Crippen LogP contribution in [0.25, 0.3) is 0 Å². The average molecular weight is 225 g/mol. The van der Waals surface area contributed by atoms with Crippen molar-refractivity contribution in [2.45, 2.75) is 57.9 Å².